The normalized spacial score (nSPS) is 11.9. The molecule has 10 rings (SSSR count). The van der Waals surface area contributed by atoms with Gasteiger partial charge in [0.2, 0.25) is 0 Å². The van der Waals surface area contributed by atoms with Gasteiger partial charge in [-0.1, -0.05) is 146 Å². The van der Waals surface area contributed by atoms with Crippen LogP contribution in [0.25, 0.3) is 44.2 Å². The van der Waals surface area contributed by atoms with Gasteiger partial charge in [0.05, 0.1) is 5.69 Å². The number of hydrogen-bond donors (Lipinski definition) is 0. The number of para-hydroxylation sites is 3. The van der Waals surface area contributed by atoms with Crippen molar-refractivity contribution in [3.05, 3.63) is 222 Å². The minimum Gasteiger partial charge on any atom is -0.456 e. The first-order valence-corrected chi connectivity index (χ1v) is 17.9. The van der Waals surface area contributed by atoms with Crippen molar-refractivity contribution in [2.24, 2.45) is 0 Å². The largest absolute Gasteiger partial charge is 0.456 e. The van der Waals surface area contributed by atoms with Crippen LogP contribution in [0.4, 0.5) is 17.1 Å². The lowest BCUT2D eigenvalue weighted by Gasteiger charge is -2.31. The third-order valence-corrected chi connectivity index (χ3v) is 10.1. The Morgan fingerprint density at radius 2 is 0.962 bits per heavy atom. The molecule has 0 saturated heterocycles. The number of benzene rings is 8. The summed E-state index contributed by atoms with van der Waals surface area (Å²) in [6.07, 6.45) is 0. The van der Waals surface area contributed by atoms with Gasteiger partial charge < -0.3 is 14.1 Å². The SMILES string of the molecule is c1ccc(C(=C2c3ccccc3Oc3cc(N(c4ccc5c(c4)oc4ccccc45)c4ccccc4-c4ccccc4)ccc32)c2ccccc2)cc1. The fraction of sp³-hybridized carbons (Fsp3) is 0. The molecule has 0 N–H and O–H groups in total. The van der Waals surface area contributed by atoms with Gasteiger partial charge >= 0.3 is 0 Å². The smallest absolute Gasteiger partial charge is 0.137 e. The molecular weight excluding hydrogens is 647 g/mol. The Hall–Kier alpha value is -7.10. The molecular formula is C50H33NO2. The third-order valence-electron chi connectivity index (χ3n) is 10.1. The monoisotopic (exact) mass is 679 g/mol. The van der Waals surface area contributed by atoms with Crippen LogP contribution >= 0.6 is 0 Å². The Balaban J connectivity index is 1.22. The molecule has 0 amide bonds. The predicted octanol–water partition coefficient (Wildman–Crippen LogP) is 13.8. The molecule has 8 aromatic carbocycles. The van der Waals surface area contributed by atoms with E-state index in [-0.39, 0.29) is 0 Å². The van der Waals surface area contributed by atoms with Crippen LogP contribution < -0.4 is 9.64 Å². The van der Waals surface area contributed by atoms with Crippen LogP contribution in [0.15, 0.2) is 205 Å². The first-order valence-electron chi connectivity index (χ1n) is 17.9. The molecule has 3 heteroatoms. The van der Waals surface area contributed by atoms with E-state index in [4.69, 9.17) is 9.15 Å². The molecule has 1 aromatic heterocycles. The number of anilines is 3. The Labute approximate surface area is 308 Å². The van der Waals surface area contributed by atoms with Gasteiger partial charge in [-0.15, -0.1) is 0 Å². The highest BCUT2D eigenvalue weighted by atomic mass is 16.5. The lowest BCUT2D eigenvalue weighted by atomic mass is 9.84. The van der Waals surface area contributed by atoms with E-state index in [0.717, 1.165) is 95.0 Å². The van der Waals surface area contributed by atoms with Gasteiger partial charge in [-0.3, -0.25) is 0 Å². The highest BCUT2D eigenvalue weighted by molar-refractivity contribution is 6.09. The highest BCUT2D eigenvalue weighted by Gasteiger charge is 2.28. The van der Waals surface area contributed by atoms with Crippen LogP contribution in [-0.2, 0) is 0 Å². The van der Waals surface area contributed by atoms with Crippen LogP contribution in [0.3, 0.4) is 0 Å². The zero-order chi connectivity index (χ0) is 35.1. The Kier molecular flexibility index (Phi) is 7.47. The van der Waals surface area contributed by atoms with Gasteiger partial charge in [0.15, 0.2) is 0 Å². The molecule has 0 fully saturated rings. The summed E-state index contributed by atoms with van der Waals surface area (Å²) < 4.78 is 13.3. The Bertz CT molecular complexity index is 2760. The van der Waals surface area contributed by atoms with Crippen molar-refractivity contribution in [3.8, 4) is 22.6 Å². The first kappa shape index (κ1) is 30.7. The fourth-order valence-corrected chi connectivity index (χ4v) is 7.71. The first-order chi connectivity index (χ1) is 26.3. The zero-order valence-electron chi connectivity index (χ0n) is 28.8. The lowest BCUT2D eigenvalue weighted by molar-refractivity contribution is 0.474. The van der Waals surface area contributed by atoms with Gasteiger partial charge in [0, 0.05) is 56.5 Å². The van der Waals surface area contributed by atoms with Crippen LogP contribution in [-0.4, -0.2) is 0 Å². The van der Waals surface area contributed by atoms with E-state index in [9.17, 15) is 0 Å². The maximum atomic E-state index is 6.84. The van der Waals surface area contributed by atoms with Crippen LogP contribution in [0.2, 0.25) is 0 Å². The van der Waals surface area contributed by atoms with Gasteiger partial charge in [0.1, 0.15) is 22.7 Å². The molecule has 0 unspecified atom stereocenters. The van der Waals surface area contributed by atoms with Crippen molar-refractivity contribution >= 4 is 50.1 Å². The molecule has 0 spiro atoms. The molecule has 250 valence electrons. The number of rotatable bonds is 6. The summed E-state index contributed by atoms with van der Waals surface area (Å²) >= 11 is 0. The van der Waals surface area contributed by atoms with Crippen molar-refractivity contribution in [2.45, 2.75) is 0 Å². The topological polar surface area (TPSA) is 25.6 Å². The molecule has 0 saturated carbocycles. The summed E-state index contributed by atoms with van der Waals surface area (Å²) in [5.74, 6) is 1.63. The van der Waals surface area contributed by atoms with Crippen LogP contribution in [0.1, 0.15) is 22.3 Å². The van der Waals surface area contributed by atoms with Crippen LogP contribution in [0.5, 0.6) is 11.5 Å². The van der Waals surface area contributed by atoms with E-state index in [1.54, 1.807) is 0 Å². The summed E-state index contributed by atoms with van der Waals surface area (Å²) in [6, 6.07) is 70.2. The van der Waals surface area contributed by atoms with E-state index >= 15 is 0 Å². The second kappa shape index (κ2) is 12.9. The van der Waals surface area contributed by atoms with Gasteiger partial charge in [-0.25, -0.2) is 0 Å². The quantitative estimate of drug-likeness (QED) is 0.175. The van der Waals surface area contributed by atoms with Gasteiger partial charge in [0.25, 0.3) is 0 Å². The second-order valence-electron chi connectivity index (χ2n) is 13.3. The van der Waals surface area contributed by atoms with E-state index < -0.39 is 0 Å². The lowest BCUT2D eigenvalue weighted by Crippen LogP contribution is -2.12. The minimum atomic E-state index is 0.799. The molecule has 0 radical (unpaired) electrons. The van der Waals surface area contributed by atoms with Crippen molar-refractivity contribution in [1.82, 2.24) is 0 Å². The van der Waals surface area contributed by atoms with Crippen molar-refractivity contribution in [3.63, 3.8) is 0 Å². The van der Waals surface area contributed by atoms with Crippen molar-refractivity contribution < 1.29 is 9.15 Å². The van der Waals surface area contributed by atoms with E-state index in [2.05, 4.69) is 187 Å². The van der Waals surface area contributed by atoms with Crippen molar-refractivity contribution in [1.29, 1.82) is 0 Å². The summed E-state index contributed by atoms with van der Waals surface area (Å²) in [7, 11) is 0. The molecule has 53 heavy (non-hydrogen) atoms. The number of furan rings is 1. The minimum absolute atomic E-state index is 0.799. The number of ether oxygens (including phenoxy) is 1. The van der Waals surface area contributed by atoms with Gasteiger partial charge in [-0.05, 0) is 64.7 Å². The molecule has 0 atom stereocenters. The summed E-state index contributed by atoms with van der Waals surface area (Å²) in [5, 5.41) is 2.20. The van der Waals surface area contributed by atoms with Crippen LogP contribution in [0, 0.1) is 0 Å². The highest BCUT2D eigenvalue weighted by Crippen LogP contribution is 2.51. The average Bonchev–Trinajstić information content (AvgIpc) is 3.60. The molecule has 3 nitrogen and oxygen atoms in total. The summed E-state index contributed by atoms with van der Waals surface area (Å²) in [5.41, 5.74) is 13.7. The van der Waals surface area contributed by atoms with E-state index in [1.807, 2.05) is 18.2 Å². The zero-order valence-corrected chi connectivity index (χ0v) is 28.8. The van der Waals surface area contributed by atoms with Gasteiger partial charge in [-0.2, -0.15) is 0 Å². The van der Waals surface area contributed by atoms with Crippen molar-refractivity contribution in [2.75, 3.05) is 4.90 Å². The Morgan fingerprint density at radius 3 is 1.74 bits per heavy atom. The maximum absolute atomic E-state index is 6.84. The second-order valence-corrected chi connectivity index (χ2v) is 13.3. The Morgan fingerprint density at radius 1 is 0.396 bits per heavy atom. The molecule has 0 bridgehead atoms. The van der Waals surface area contributed by atoms with E-state index in [0.29, 0.717) is 0 Å². The molecule has 9 aromatic rings. The fourth-order valence-electron chi connectivity index (χ4n) is 7.71. The number of fused-ring (bicyclic) bond motifs is 5. The standard InChI is InChI=1S/C50H33NO2/c1-4-16-34(17-5-1)39-22-10-13-25-44(39)51(37-28-30-41-40-23-11-14-26-45(40)52-47(41)32-37)38-29-31-43-48(33-38)53-46-27-15-12-24-42(46)50(43)49(35-18-6-2-7-19-35)36-20-8-3-9-21-36/h1-33H. The molecule has 0 aliphatic carbocycles. The number of hydrogen-bond acceptors (Lipinski definition) is 3. The molecule has 1 aliphatic rings. The van der Waals surface area contributed by atoms with E-state index in [1.165, 1.54) is 0 Å². The predicted molar refractivity (Wildman–Crippen MR) is 218 cm³/mol. The maximum Gasteiger partial charge on any atom is 0.137 e. The average molecular weight is 680 g/mol. The molecule has 2 heterocycles. The summed E-state index contributed by atoms with van der Waals surface area (Å²) in [4.78, 5) is 2.32. The number of nitrogens with zero attached hydrogens (tertiary/aromatic N) is 1. The third kappa shape index (κ3) is 5.38. The molecule has 1 aliphatic heterocycles. The summed E-state index contributed by atoms with van der Waals surface area (Å²) in [6.45, 7) is 0.